The fourth-order valence-electron chi connectivity index (χ4n) is 2.49. The maximum absolute atomic E-state index is 13.2. The fourth-order valence-corrected chi connectivity index (χ4v) is 3.02. The molecule has 0 unspecified atom stereocenters. The van der Waals surface area contributed by atoms with Gasteiger partial charge in [0.1, 0.15) is 21.5 Å². The van der Waals surface area contributed by atoms with E-state index in [-0.39, 0.29) is 5.82 Å². The average molecular weight is 416 g/mol. The maximum Gasteiger partial charge on any atom is 0.137 e. The second kappa shape index (κ2) is 5.69. The molecule has 0 aliphatic heterocycles. The Labute approximate surface area is 145 Å². The molecule has 3 aromatic heterocycles. The first kappa shape index (κ1) is 14.3. The largest absolute Gasteiger partial charge is 0.294 e. The summed E-state index contributed by atoms with van der Waals surface area (Å²) >= 11 is 2.24. The minimum atomic E-state index is -0.262. The zero-order valence-corrected chi connectivity index (χ0v) is 14.0. The first-order valence-electron chi connectivity index (χ1n) is 6.91. The van der Waals surface area contributed by atoms with Crippen LogP contribution in [0.5, 0.6) is 0 Å². The summed E-state index contributed by atoms with van der Waals surface area (Å²) in [6.07, 6.45) is 7.09. The second-order valence-electron chi connectivity index (χ2n) is 5.02. The van der Waals surface area contributed by atoms with Gasteiger partial charge in [-0.15, -0.1) is 0 Å². The van der Waals surface area contributed by atoms with Crippen molar-refractivity contribution in [2.24, 2.45) is 0 Å². The highest BCUT2D eigenvalue weighted by Gasteiger charge is 2.11. The van der Waals surface area contributed by atoms with Crippen molar-refractivity contribution < 1.29 is 4.39 Å². The summed E-state index contributed by atoms with van der Waals surface area (Å²) in [6, 6.07) is 10.3. The number of imidazole rings is 1. The van der Waals surface area contributed by atoms with Gasteiger partial charge in [0.2, 0.25) is 0 Å². The standard InChI is InChI=1S/C17H10FIN4/c18-13-4-1-11(2-5-13)14-7-20-10-22-17(14)12-3-6-16-21-8-15(19)23(16)9-12/h1-10H. The smallest absolute Gasteiger partial charge is 0.137 e. The Morgan fingerprint density at radius 1 is 0.913 bits per heavy atom. The van der Waals surface area contributed by atoms with E-state index in [0.717, 1.165) is 31.7 Å². The SMILES string of the molecule is Fc1ccc(-c2cncnc2-c2ccc3ncc(I)n3c2)cc1. The number of halogens is 2. The molecule has 0 radical (unpaired) electrons. The Bertz CT molecular complexity index is 995. The Morgan fingerprint density at radius 3 is 2.52 bits per heavy atom. The van der Waals surface area contributed by atoms with Crippen LogP contribution in [-0.2, 0) is 0 Å². The summed E-state index contributed by atoms with van der Waals surface area (Å²) in [4.78, 5) is 12.9. The predicted molar refractivity (Wildman–Crippen MR) is 94.3 cm³/mol. The molecule has 1 aromatic carbocycles. The van der Waals surface area contributed by atoms with Crippen molar-refractivity contribution in [2.45, 2.75) is 0 Å². The highest BCUT2D eigenvalue weighted by molar-refractivity contribution is 14.1. The summed E-state index contributed by atoms with van der Waals surface area (Å²) in [6.45, 7) is 0. The first-order valence-corrected chi connectivity index (χ1v) is 7.99. The number of pyridine rings is 1. The van der Waals surface area contributed by atoms with Gasteiger partial charge >= 0.3 is 0 Å². The Hall–Kier alpha value is -2.35. The van der Waals surface area contributed by atoms with Gasteiger partial charge in [0.15, 0.2) is 0 Å². The molecule has 0 saturated carbocycles. The third-order valence-electron chi connectivity index (χ3n) is 3.60. The number of benzene rings is 1. The van der Waals surface area contributed by atoms with Crippen molar-refractivity contribution in [3.63, 3.8) is 0 Å². The van der Waals surface area contributed by atoms with Crippen LogP contribution in [0.4, 0.5) is 4.39 Å². The molecule has 4 rings (SSSR count). The van der Waals surface area contributed by atoms with Crippen LogP contribution < -0.4 is 0 Å². The van der Waals surface area contributed by atoms with Gasteiger partial charge in [0.25, 0.3) is 0 Å². The minimum absolute atomic E-state index is 0.262. The minimum Gasteiger partial charge on any atom is -0.294 e. The highest BCUT2D eigenvalue weighted by Crippen LogP contribution is 2.30. The van der Waals surface area contributed by atoms with E-state index >= 15 is 0 Å². The average Bonchev–Trinajstić information content (AvgIpc) is 2.96. The molecule has 0 aliphatic rings. The Kier molecular flexibility index (Phi) is 3.53. The van der Waals surface area contributed by atoms with E-state index in [2.05, 4.69) is 37.5 Å². The molecule has 6 heteroatoms. The second-order valence-corrected chi connectivity index (χ2v) is 6.12. The van der Waals surface area contributed by atoms with Crippen LogP contribution in [0.15, 0.2) is 61.3 Å². The molecule has 0 atom stereocenters. The van der Waals surface area contributed by atoms with Crippen LogP contribution in [0.25, 0.3) is 28.0 Å². The molecule has 4 aromatic rings. The number of aromatic nitrogens is 4. The lowest BCUT2D eigenvalue weighted by Crippen LogP contribution is -1.94. The van der Waals surface area contributed by atoms with Crippen molar-refractivity contribution in [1.82, 2.24) is 19.4 Å². The third kappa shape index (κ3) is 2.59. The lowest BCUT2D eigenvalue weighted by Gasteiger charge is -2.09. The van der Waals surface area contributed by atoms with E-state index in [9.17, 15) is 4.39 Å². The number of rotatable bonds is 2. The molecule has 4 nitrogen and oxygen atoms in total. The van der Waals surface area contributed by atoms with Crippen molar-refractivity contribution in [2.75, 3.05) is 0 Å². The van der Waals surface area contributed by atoms with E-state index in [4.69, 9.17) is 0 Å². The van der Waals surface area contributed by atoms with Gasteiger partial charge in [-0.25, -0.2) is 19.3 Å². The van der Waals surface area contributed by atoms with E-state index in [0.29, 0.717) is 0 Å². The maximum atomic E-state index is 13.2. The predicted octanol–water partition coefficient (Wildman–Crippen LogP) is 4.20. The quantitative estimate of drug-likeness (QED) is 0.460. The van der Waals surface area contributed by atoms with Gasteiger partial charge in [-0.1, -0.05) is 12.1 Å². The summed E-state index contributed by atoms with van der Waals surface area (Å²) < 4.78 is 16.2. The fraction of sp³-hybridized carbons (Fsp3) is 0. The number of hydrogen-bond acceptors (Lipinski definition) is 3. The van der Waals surface area contributed by atoms with Gasteiger partial charge in [-0.2, -0.15) is 0 Å². The molecule has 0 aliphatic carbocycles. The first-order chi connectivity index (χ1) is 11.2. The van der Waals surface area contributed by atoms with Gasteiger partial charge in [-0.3, -0.25) is 4.40 Å². The highest BCUT2D eigenvalue weighted by atomic mass is 127. The Balaban J connectivity index is 1.90. The molecule has 112 valence electrons. The third-order valence-corrected chi connectivity index (χ3v) is 4.40. The molecule has 0 saturated heterocycles. The lowest BCUT2D eigenvalue weighted by atomic mass is 10.0. The van der Waals surface area contributed by atoms with Crippen LogP contribution in [-0.4, -0.2) is 19.4 Å². The molecule has 23 heavy (non-hydrogen) atoms. The molecule has 0 spiro atoms. The van der Waals surface area contributed by atoms with Crippen LogP contribution >= 0.6 is 22.6 Å². The summed E-state index contributed by atoms with van der Waals surface area (Å²) in [5, 5.41) is 0. The molecule has 0 amide bonds. The number of hydrogen-bond donors (Lipinski definition) is 0. The van der Waals surface area contributed by atoms with Crippen molar-refractivity contribution in [1.29, 1.82) is 0 Å². The van der Waals surface area contributed by atoms with E-state index < -0.39 is 0 Å². The molecule has 0 bridgehead atoms. The van der Waals surface area contributed by atoms with Crippen molar-refractivity contribution in [3.8, 4) is 22.4 Å². The van der Waals surface area contributed by atoms with Gasteiger partial charge in [0, 0.05) is 23.5 Å². The zero-order chi connectivity index (χ0) is 15.8. The van der Waals surface area contributed by atoms with E-state index in [1.807, 2.05) is 28.9 Å². The van der Waals surface area contributed by atoms with Gasteiger partial charge < -0.3 is 0 Å². The normalized spacial score (nSPS) is 11.0. The number of fused-ring (bicyclic) bond motifs is 1. The van der Waals surface area contributed by atoms with Gasteiger partial charge in [0.05, 0.1) is 11.9 Å². The van der Waals surface area contributed by atoms with E-state index in [1.54, 1.807) is 18.3 Å². The molecular formula is C17H10FIN4. The Morgan fingerprint density at radius 2 is 1.70 bits per heavy atom. The van der Waals surface area contributed by atoms with Crippen LogP contribution in [0.3, 0.4) is 0 Å². The van der Waals surface area contributed by atoms with Crippen molar-refractivity contribution >= 4 is 28.2 Å². The van der Waals surface area contributed by atoms with Crippen LogP contribution in [0, 0.1) is 9.52 Å². The molecule has 0 N–H and O–H groups in total. The number of nitrogens with zero attached hydrogens (tertiary/aromatic N) is 4. The van der Waals surface area contributed by atoms with Gasteiger partial charge in [-0.05, 0) is 52.4 Å². The van der Waals surface area contributed by atoms with Crippen LogP contribution in [0.2, 0.25) is 0 Å². The van der Waals surface area contributed by atoms with Crippen molar-refractivity contribution in [3.05, 3.63) is 70.8 Å². The monoisotopic (exact) mass is 416 g/mol. The lowest BCUT2D eigenvalue weighted by molar-refractivity contribution is 0.628. The molecule has 0 fully saturated rings. The molecular weight excluding hydrogens is 406 g/mol. The summed E-state index contributed by atoms with van der Waals surface area (Å²) in [5.74, 6) is -0.262. The summed E-state index contributed by atoms with van der Waals surface area (Å²) in [7, 11) is 0. The summed E-state index contributed by atoms with van der Waals surface area (Å²) in [5.41, 5.74) is 4.38. The topological polar surface area (TPSA) is 43.1 Å². The van der Waals surface area contributed by atoms with E-state index in [1.165, 1.54) is 18.5 Å². The zero-order valence-electron chi connectivity index (χ0n) is 11.8. The molecule has 3 heterocycles. The van der Waals surface area contributed by atoms with Crippen LogP contribution in [0.1, 0.15) is 0 Å².